The molecule has 37 heavy (non-hydrogen) atoms. The van der Waals surface area contributed by atoms with E-state index in [1.165, 1.54) is 31.7 Å². The van der Waals surface area contributed by atoms with E-state index in [2.05, 4.69) is 17.6 Å². The molecule has 3 atom stereocenters. The van der Waals surface area contributed by atoms with E-state index in [9.17, 15) is 9.90 Å². The van der Waals surface area contributed by atoms with E-state index >= 15 is 4.39 Å². The highest BCUT2D eigenvalue weighted by Crippen LogP contribution is 2.42. The van der Waals surface area contributed by atoms with Crippen LogP contribution in [0.5, 0.6) is 0 Å². The minimum atomic E-state index is -1.41. The number of halogens is 2. The highest BCUT2D eigenvalue weighted by atomic mass is 35.5. The Morgan fingerprint density at radius 2 is 2.03 bits per heavy atom. The summed E-state index contributed by atoms with van der Waals surface area (Å²) in [6.07, 6.45) is 9.28. The maximum absolute atomic E-state index is 15.2. The SMILES string of the molecule is CNCC(CC1CCC(C)CC1)NC(=O)N1CCCC(C(O)(CCCCOC)c2cccc(Cl)c2F)C1. The number of rotatable bonds is 12. The number of nitrogens with zero attached hydrogens (tertiary/aromatic N) is 1. The van der Waals surface area contributed by atoms with Crippen LogP contribution in [0.3, 0.4) is 0 Å². The Bertz CT molecular complexity index is 852. The molecular formula is C29H47ClFN3O3. The summed E-state index contributed by atoms with van der Waals surface area (Å²) >= 11 is 6.11. The van der Waals surface area contributed by atoms with Gasteiger partial charge in [-0.15, -0.1) is 0 Å². The van der Waals surface area contributed by atoms with Crippen molar-refractivity contribution in [3.05, 3.63) is 34.6 Å². The average molecular weight is 540 g/mol. The lowest BCUT2D eigenvalue weighted by Crippen LogP contribution is -2.54. The largest absolute Gasteiger partial charge is 0.385 e. The number of likely N-dealkylation sites (tertiary alicyclic amines) is 1. The Labute approximate surface area is 227 Å². The van der Waals surface area contributed by atoms with Crippen LogP contribution in [0.4, 0.5) is 9.18 Å². The lowest BCUT2D eigenvalue weighted by Gasteiger charge is -2.43. The monoisotopic (exact) mass is 539 g/mol. The Hall–Kier alpha value is -1.41. The first kappa shape index (κ1) is 30.1. The topological polar surface area (TPSA) is 73.8 Å². The van der Waals surface area contributed by atoms with Gasteiger partial charge in [0.2, 0.25) is 0 Å². The number of unbranched alkanes of at least 4 members (excludes halogenated alkanes) is 1. The Balaban J connectivity index is 1.70. The second kappa shape index (κ2) is 14.7. The van der Waals surface area contributed by atoms with E-state index in [1.54, 1.807) is 19.2 Å². The van der Waals surface area contributed by atoms with Crippen LogP contribution in [0.15, 0.2) is 18.2 Å². The molecule has 1 heterocycles. The van der Waals surface area contributed by atoms with E-state index in [-0.39, 0.29) is 28.6 Å². The molecule has 0 spiro atoms. The molecule has 3 N–H and O–H groups in total. The lowest BCUT2D eigenvalue weighted by molar-refractivity contribution is -0.0587. The van der Waals surface area contributed by atoms with E-state index < -0.39 is 11.4 Å². The van der Waals surface area contributed by atoms with Crippen molar-refractivity contribution < 1.29 is 19.0 Å². The number of likely N-dealkylation sites (N-methyl/N-ethyl adjacent to an activating group) is 1. The van der Waals surface area contributed by atoms with E-state index in [0.717, 1.165) is 38.1 Å². The first-order valence-corrected chi connectivity index (χ1v) is 14.5. The molecule has 8 heteroatoms. The van der Waals surface area contributed by atoms with Crippen molar-refractivity contribution in [1.29, 1.82) is 0 Å². The molecule has 6 nitrogen and oxygen atoms in total. The molecule has 1 aromatic rings. The van der Waals surface area contributed by atoms with Crippen molar-refractivity contribution in [2.45, 2.75) is 82.8 Å². The van der Waals surface area contributed by atoms with Crippen molar-refractivity contribution in [1.82, 2.24) is 15.5 Å². The van der Waals surface area contributed by atoms with Crippen molar-refractivity contribution in [2.24, 2.45) is 17.8 Å². The van der Waals surface area contributed by atoms with Gasteiger partial charge in [0, 0.05) is 50.9 Å². The summed E-state index contributed by atoms with van der Waals surface area (Å²) in [6, 6.07) is 4.78. The first-order chi connectivity index (χ1) is 17.8. The average Bonchev–Trinajstić information content (AvgIpc) is 2.89. The van der Waals surface area contributed by atoms with Gasteiger partial charge in [0.1, 0.15) is 5.82 Å². The molecule has 0 radical (unpaired) electrons. The number of methoxy groups -OCH3 is 1. The number of carbonyl (C=O) groups excluding carboxylic acids is 1. The molecule has 0 bridgehead atoms. The fourth-order valence-electron chi connectivity index (χ4n) is 6.26. The summed E-state index contributed by atoms with van der Waals surface area (Å²) in [5.41, 5.74) is -1.19. The number of piperidine rings is 1. The van der Waals surface area contributed by atoms with Gasteiger partial charge < -0.3 is 25.4 Å². The van der Waals surface area contributed by atoms with Crippen molar-refractivity contribution in [2.75, 3.05) is 40.4 Å². The highest BCUT2D eigenvalue weighted by molar-refractivity contribution is 6.30. The summed E-state index contributed by atoms with van der Waals surface area (Å²) in [7, 11) is 3.57. The summed E-state index contributed by atoms with van der Waals surface area (Å²) in [4.78, 5) is 15.2. The van der Waals surface area contributed by atoms with Crippen molar-refractivity contribution in [3.63, 3.8) is 0 Å². The third kappa shape index (κ3) is 8.29. The van der Waals surface area contributed by atoms with Gasteiger partial charge >= 0.3 is 6.03 Å². The van der Waals surface area contributed by atoms with Crippen LogP contribution in [-0.4, -0.2) is 62.5 Å². The van der Waals surface area contributed by atoms with Crippen LogP contribution in [0.2, 0.25) is 5.02 Å². The zero-order valence-electron chi connectivity index (χ0n) is 22.9. The number of aliphatic hydroxyl groups is 1. The highest BCUT2D eigenvalue weighted by Gasteiger charge is 2.43. The van der Waals surface area contributed by atoms with Gasteiger partial charge in [-0.05, 0) is 63.5 Å². The van der Waals surface area contributed by atoms with Crippen molar-refractivity contribution >= 4 is 17.6 Å². The summed E-state index contributed by atoms with van der Waals surface area (Å²) in [6.45, 7) is 4.65. The van der Waals surface area contributed by atoms with Gasteiger partial charge in [-0.2, -0.15) is 0 Å². The first-order valence-electron chi connectivity index (χ1n) is 14.1. The van der Waals surface area contributed by atoms with Crippen LogP contribution >= 0.6 is 11.6 Å². The fraction of sp³-hybridized carbons (Fsp3) is 0.759. The minimum absolute atomic E-state index is 0.00485. The number of carbonyl (C=O) groups is 1. The lowest BCUT2D eigenvalue weighted by atomic mass is 9.74. The Morgan fingerprint density at radius 1 is 1.27 bits per heavy atom. The van der Waals surface area contributed by atoms with E-state index in [0.29, 0.717) is 38.5 Å². The fourth-order valence-corrected chi connectivity index (χ4v) is 6.44. The van der Waals surface area contributed by atoms with Gasteiger partial charge in [0.25, 0.3) is 0 Å². The summed E-state index contributed by atoms with van der Waals surface area (Å²) in [5.74, 6) is 0.587. The maximum Gasteiger partial charge on any atom is 0.317 e. The summed E-state index contributed by atoms with van der Waals surface area (Å²) < 4.78 is 20.3. The van der Waals surface area contributed by atoms with E-state index in [4.69, 9.17) is 16.3 Å². The van der Waals surface area contributed by atoms with Gasteiger partial charge in [-0.3, -0.25) is 0 Å². The quantitative estimate of drug-likeness (QED) is 0.297. The van der Waals surface area contributed by atoms with Gasteiger partial charge in [-0.1, -0.05) is 56.3 Å². The second-order valence-corrected chi connectivity index (χ2v) is 11.7. The Kier molecular flexibility index (Phi) is 11.9. The molecule has 3 rings (SSSR count). The third-order valence-electron chi connectivity index (χ3n) is 8.49. The predicted molar refractivity (Wildman–Crippen MR) is 147 cm³/mol. The van der Waals surface area contributed by atoms with Crippen LogP contribution < -0.4 is 10.6 Å². The normalized spacial score (nSPS) is 24.9. The molecular weight excluding hydrogens is 493 g/mol. The number of amides is 2. The van der Waals surface area contributed by atoms with Crippen LogP contribution in [0.1, 0.15) is 76.7 Å². The second-order valence-electron chi connectivity index (χ2n) is 11.3. The van der Waals surface area contributed by atoms with Gasteiger partial charge in [-0.25, -0.2) is 9.18 Å². The molecule has 1 aliphatic heterocycles. The molecule has 1 aromatic carbocycles. The number of nitrogens with one attached hydrogen (secondary N) is 2. The Morgan fingerprint density at radius 3 is 2.73 bits per heavy atom. The van der Waals surface area contributed by atoms with Crippen LogP contribution in [0, 0.1) is 23.6 Å². The molecule has 2 amide bonds. The number of hydrogen-bond acceptors (Lipinski definition) is 4. The van der Waals surface area contributed by atoms with E-state index in [1.807, 2.05) is 11.9 Å². The van der Waals surface area contributed by atoms with Crippen molar-refractivity contribution in [3.8, 4) is 0 Å². The van der Waals surface area contributed by atoms with Gasteiger partial charge in [0.05, 0.1) is 10.6 Å². The number of benzene rings is 1. The zero-order valence-corrected chi connectivity index (χ0v) is 23.7. The molecule has 3 unspecified atom stereocenters. The minimum Gasteiger partial charge on any atom is -0.385 e. The molecule has 210 valence electrons. The smallest absolute Gasteiger partial charge is 0.317 e. The standard InChI is InChI=1S/C29H47ClFN3O3/c1-21-11-13-22(14-12-21)18-24(19-32-2)33-28(35)34-16-7-8-23(20-34)29(36,15-4-5-17-37-3)25-9-6-10-26(30)27(25)31/h6,9-10,21-24,32,36H,4-5,7-8,11-20H2,1-3H3,(H,33,35). The third-order valence-corrected chi connectivity index (χ3v) is 8.78. The van der Waals surface area contributed by atoms with Gasteiger partial charge in [0.15, 0.2) is 0 Å². The predicted octanol–water partition coefficient (Wildman–Crippen LogP) is 5.71. The molecule has 2 fully saturated rings. The van der Waals surface area contributed by atoms with Crippen LogP contribution in [-0.2, 0) is 10.3 Å². The molecule has 1 saturated heterocycles. The molecule has 2 aliphatic rings. The molecule has 1 saturated carbocycles. The molecule has 0 aromatic heterocycles. The number of urea groups is 1. The number of ether oxygens (including phenoxy) is 1. The zero-order chi connectivity index (χ0) is 26.8. The van der Waals surface area contributed by atoms with Crippen LogP contribution in [0.25, 0.3) is 0 Å². The number of hydrogen-bond donors (Lipinski definition) is 3. The maximum atomic E-state index is 15.2. The summed E-state index contributed by atoms with van der Waals surface area (Å²) in [5, 5.41) is 18.5. The molecule has 1 aliphatic carbocycles.